The summed E-state index contributed by atoms with van der Waals surface area (Å²) >= 11 is 0. The first-order valence-electron chi connectivity index (χ1n) is 13.6. The summed E-state index contributed by atoms with van der Waals surface area (Å²) in [5.41, 5.74) is 0.352. The maximum atomic E-state index is 13.6. The number of rotatable bonds is 12. The van der Waals surface area contributed by atoms with Crippen LogP contribution in [0.2, 0.25) is 0 Å². The highest BCUT2D eigenvalue weighted by atomic mass is 19.4. The minimum Gasteiger partial charge on any atom is -0.503 e. The summed E-state index contributed by atoms with van der Waals surface area (Å²) in [5, 5.41) is 12.7. The fraction of sp³-hybridized carbons (Fsp3) is 0.344. The number of methoxy groups -OCH3 is 1. The molecule has 0 aliphatic carbocycles. The van der Waals surface area contributed by atoms with E-state index in [0.717, 1.165) is 17.7 Å². The average Bonchev–Trinajstić information content (AvgIpc) is 2.96. The Morgan fingerprint density at radius 3 is 2.19 bits per heavy atom. The lowest BCUT2D eigenvalue weighted by Crippen LogP contribution is -2.42. The van der Waals surface area contributed by atoms with Crippen LogP contribution >= 0.6 is 0 Å². The third kappa shape index (κ3) is 9.04. The van der Waals surface area contributed by atoms with Crippen LogP contribution in [0.15, 0.2) is 72.9 Å². The molecule has 4 atom stereocenters. The molecule has 0 spiro atoms. The van der Waals surface area contributed by atoms with E-state index in [4.69, 9.17) is 9.47 Å². The molecule has 0 saturated heterocycles. The van der Waals surface area contributed by atoms with Gasteiger partial charge in [0.25, 0.3) is 5.91 Å². The van der Waals surface area contributed by atoms with Gasteiger partial charge in [0.2, 0.25) is 0 Å². The molecule has 0 saturated carbocycles. The van der Waals surface area contributed by atoms with E-state index in [9.17, 15) is 32.3 Å². The zero-order valence-corrected chi connectivity index (χ0v) is 24.2. The minimum atomic E-state index is -4.46. The summed E-state index contributed by atoms with van der Waals surface area (Å²) in [4.78, 5) is 29.6. The quantitative estimate of drug-likeness (QED) is 0.144. The summed E-state index contributed by atoms with van der Waals surface area (Å²) in [6, 6.07) is 11.0. The lowest BCUT2D eigenvalue weighted by atomic mass is 9.79. The van der Waals surface area contributed by atoms with Crippen LogP contribution in [-0.4, -0.2) is 41.2 Å². The molecule has 0 radical (unpaired) electrons. The summed E-state index contributed by atoms with van der Waals surface area (Å²) in [6.07, 6.45) is 0.529. The summed E-state index contributed by atoms with van der Waals surface area (Å²) in [6.45, 7) is 4.93. The number of aromatic nitrogens is 1. The topological polar surface area (TPSA) is 97.8 Å². The molecule has 0 unspecified atom stereocenters. The molecule has 0 bridgehead atoms. The normalized spacial score (nSPS) is 14.5. The van der Waals surface area contributed by atoms with Crippen molar-refractivity contribution in [3.05, 3.63) is 101 Å². The number of carbonyl (C=O) groups excluding carboxylic acids is 2. The van der Waals surface area contributed by atoms with Crippen molar-refractivity contribution in [2.45, 2.75) is 51.9 Å². The molecule has 3 aromatic rings. The van der Waals surface area contributed by atoms with Crippen LogP contribution in [0.1, 0.15) is 48.0 Å². The van der Waals surface area contributed by atoms with Gasteiger partial charge >= 0.3 is 12.1 Å². The molecule has 1 aromatic heterocycles. The molecule has 7 nitrogen and oxygen atoms in total. The molecule has 0 aliphatic rings. The molecular weight excluding hydrogens is 568 g/mol. The Labute approximate surface area is 247 Å². The molecule has 3 rings (SSSR count). The van der Waals surface area contributed by atoms with Gasteiger partial charge in [-0.15, -0.1) is 0 Å². The Morgan fingerprint density at radius 2 is 1.60 bits per heavy atom. The Bertz CT molecular complexity index is 1410. The molecule has 11 heteroatoms. The van der Waals surface area contributed by atoms with E-state index in [1.54, 1.807) is 19.1 Å². The maximum absolute atomic E-state index is 13.6. The number of ether oxygens (including phenoxy) is 2. The van der Waals surface area contributed by atoms with E-state index >= 15 is 0 Å². The average molecular weight is 603 g/mol. The van der Waals surface area contributed by atoms with Crippen molar-refractivity contribution in [1.29, 1.82) is 0 Å². The number of nitrogens with zero attached hydrogens (tertiary/aromatic N) is 1. The number of alkyl halides is 3. The fourth-order valence-electron chi connectivity index (χ4n) is 4.73. The van der Waals surface area contributed by atoms with Crippen LogP contribution in [0.4, 0.5) is 17.6 Å². The van der Waals surface area contributed by atoms with Crippen LogP contribution in [0.25, 0.3) is 0 Å². The van der Waals surface area contributed by atoms with Crippen LogP contribution < -0.4 is 10.1 Å². The van der Waals surface area contributed by atoms with E-state index in [1.807, 2.05) is 19.1 Å². The first-order valence-corrected chi connectivity index (χ1v) is 13.6. The zero-order valence-electron chi connectivity index (χ0n) is 24.2. The molecule has 0 fully saturated rings. The number of esters is 1. The number of halogens is 4. The molecular formula is C32H34F4N2O5. The third-order valence-corrected chi connectivity index (χ3v) is 7.06. The smallest absolute Gasteiger partial charge is 0.416 e. The zero-order chi connectivity index (χ0) is 31.7. The number of aromatic hydroxyl groups is 1. The summed E-state index contributed by atoms with van der Waals surface area (Å²) in [5.74, 6) is -3.07. The van der Waals surface area contributed by atoms with Gasteiger partial charge < -0.3 is 19.9 Å². The van der Waals surface area contributed by atoms with Crippen molar-refractivity contribution >= 4 is 11.9 Å². The van der Waals surface area contributed by atoms with E-state index < -0.39 is 47.3 Å². The molecule has 2 aromatic carbocycles. The van der Waals surface area contributed by atoms with E-state index in [1.165, 1.54) is 50.6 Å². The predicted molar refractivity (Wildman–Crippen MR) is 152 cm³/mol. The number of hydrogen-bond donors (Lipinski definition) is 2. The van der Waals surface area contributed by atoms with Gasteiger partial charge in [-0.2, -0.15) is 13.2 Å². The SMILES string of the molecule is C/C=C\[C@H](Cc1ccc(C(F)(F)F)cc1)[C@@H](Cc1ccc(F)cc1)[C@H](C)OC(=O)[C@H](C)NC(=O)c1nccc(OC)c1O. The summed E-state index contributed by atoms with van der Waals surface area (Å²) < 4.78 is 63.7. The van der Waals surface area contributed by atoms with Gasteiger partial charge in [0, 0.05) is 18.2 Å². The lowest BCUT2D eigenvalue weighted by molar-refractivity contribution is -0.153. The second kappa shape index (κ2) is 14.7. The number of amides is 1. The van der Waals surface area contributed by atoms with Gasteiger partial charge in [-0.05, 0) is 74.9 Å². The maximum Gasteiger partial charge on any atom is 0.416 e. The number of nitrogens with one attached hydrogen (secondary N) is 1. The highest BCUT2D eigenvalue weighted by molar-refractivity contribution is 5.97. The second-order valence-corrected chi connectivity index (χ2v) is 10.1. The van der Waals surface area contributed by atoms with Crippen molar-refractivity contribution in [2.24, 2.45) is 11.8 Å². The molecule has 43 heavy (non-hydrogen) atoms. The van der Waals surface area contributed by atoms with E-state index in [0.29, 0.717) is 18.4 Å². The number of benzene rings is 2. The fourth-order valence-corrected chi connectivity index (χ4v) is 4.73. The van der Waals surface area contributed by atoms with E-state index in [2.05, 4.69) is 10.3 Å². The molecule has 1 amide bonds. The van der Waals surface area contributed by atoms with E-state index in [-0.39, 0.29) is 23.3 Å². The first-order chi connectivity index (χ1) is 20.3. The molecule has 1 heterocycles. The Balaban J connectivity index is 1.81. The van der Waals surface area contributed by atoms with Crippen LogP contribution in [0, 0.1) is 17.7 Å². The molecule has 2 N–H and O–H groups in total. The van der Waals surface area contributed by atoms with Crippen LogP contribution in [-0.2, 0) is 28.5 Å². The Morgan fingerprint density at radius 1 is 1.00 bits per heavy atom. The Hall–Kier alpha value is -4.41. The van der Waals surface area contributed by atoms with Crippen molar-refractivity contribution in [2.75, 3.05) is 7.11 Å². The first kappa shape index (κ1) is 33.1. The lowest BCUT2D eigenvalue weighted by Gasteiger charge is -2.31. The standard InChI is InChI=1S/C32H34F4N2O5/c1-5-6-23(17-21-7-11-24(12-8-21)32(34,35)36)26(18-22-9-13-25(33)14-10-22)20(3)43-31(41)19(2)38-30(40)28-29(39)27(42-4)15-16-37-28/h5-16,19-20,23,26,39H,17-18H2,1-4H3,(H,38,40)/b6-5-/t19-,20-,23+,26-/m0/s1. The van der Waals surface area contributed by atoms with Crippen molar-refractivity contribution in [3.8, 4) is 11.5 Å². The number of hydrogen-bond acceptors (Lipinski definition) is 6. The van der Waals surface area contributed by atoms with Crippen LogP contribution in [0.3, 0.4) is 0 Å². The molecule has 0 aliphatic heterocycles. The minimum absolute atomic E-state index is 0.0377. The van der Waals surface area contributed by atoms with Crippen molar-refractivity contribution in [3.63, 3.8) is 0 Å². The second-order valence-electron chi connectivity index (χ2n) is 10.1. The third-order valence-electron chi connectivity index (χ3n) is 7.06. The van der Waals surface area contributed by atoms with Gasteiger partial charge in [0.05, 0.1) is 12.7 Å². The largest absolute Gasteiger partial charge is 0.503 e. The summed E-state index contributed by atoms with van der Waals surface area (Å²) in [7, 11) is 1.32. The monoisotopic (exact) mass is 602 g/mol. The number of allylic oxidation sites excluding steroid dienone is 2. The number of carbonyl (C=O) groups is 2. The predicted octanol–water partition coefficient (Wildman–Crippen LogP) is 6.30. The van der Waals surface area contributed by atoms with Crippen LogP contribution in [0.5, 0.6) is 11.5 Å². The van der Waals surface area contributed by atoms with Gasteiger partial charge in [0.15, 0.2) is 17.2 Å². The Kier molecular flexibility index (Phi) is 11.3. The molecule has 230 valence electrons. The van der Waals surface area contributed by atoms with Gasteiger partial charge in [-0.25, -0.2) is 14.2 Å². The van der Waals surface area contributed by atoms with Gasteiger partial charge in [-0.1, -0.05) is 36.4 Å². The van der Waals surface area contributed by atoms with Gasteiger partial charge in [0.1, 0.15) is 18.0 Å². The van der Waals surface area contributed by atoms with Gasteiger partial charge in [-0.3, -0.25) is 4.79 Å². The highest BCUT2D eigenvalue weighted by Crippen LogP contribution is 2.32. The number of pyridine rings is 1. The van der Waals surface area contributed by atoms with Crippen molar-refractivity contribution in [1.82, 2.24) is 10.3 Å². The highest BCUT2D eigenvalue weighted by Gasteiger charge is 2.32. The van der Waals surface area contributed by atoms with Crippen molar-refractivity contribution < 1.29 is 41.7 Å².